The first kappa shape index (κ1) is 34.3. The van der Waals surface area contributed by atoms with Crippen LogP contribution in [0.15, 0.2) is 197 Å². The molecule has 0 bridgehead atoms. The second-order valence-corrected chi connectivity index (χ2v) is 17.2. The van der Waals surface area contributed by atoms with Gasteiger partial charge in [-0.1, -0.05) is 135 Å². The quantitative estimate of drug-likeness (QED) is 0.174. The van der Waals surface area contributed by atoms with Crippen molar-refractivity contribution in [1.29, 1.82) is 0 Å². The molecule has 290 valence electrons. The van der Waals surface area contributed by atoms with Crippen molar-refractivity contribution >= 4 is 82.6 Å². The fourth-order valence-electron chi connectivity index (χ4n) is 10.6. The fraction of sp³-hybridized carbons (Fsp3) is 0.0877. The van der Waals surface area contributed by atoms with Gasteiger partial charge in [0.1, 0.15) is 22.4 Å². The van der Waals surface area contributed by atoms with Gasteiger partial charge in [0.2, 0.25) is 0 Å². The van der Waals surface area contributed by atoms with E-state index in [4.69, 9.17) is 8.83 Å². The molecule has 3 aromatic heterocycles. The molecule has 0 aliphatic heterocycles. The minimum Gasteiger partial charge on any atom is -0.456 e. The normalized spacial score (nSPS) is 14.6. The van der Waals surface area contributed by atoms with E-state index in [1.807, 2.05) is 6.07 Å². The lowest BCUT2D eigenvalue weighted by atomic mass is 9.82. The second-order valence-electron chi connectivity index (χ2n) is 17.2. The average Bonchev–Trinajstić information content (AvgIpc) is 4.03. The zero-order chi connectivity index (χ0) is 40.4. The monoisotopic (exact) mass is 784 g/mol. The van der Waals surface area contributed by atoms with E-state index >= 15 is 0 Å². The Morgan fingerprint density at radius 3 is 2.02 bits per heavy atom. The van der Waals surface area contributed by atoms with Crippen LogP contribution in [0, 0.1) is 0 Å². The van der Waals surface area contributed by atoms with Crippen molar-refractivity contribution in [3.8, 4) is 16.8 Å². The number of para-hydroxylation sites is 3. The predicted molar refractivity (Wildman–Crippen MR) is 253 cm³/mol. The Balaban J connectivity index is 1.06. The largest absolute Gasteiger partial charge is 0.456 e. The number of anilines is 2. The van der Waals surface area contributed by atoms with Crippen LogP contribution in [0.25, 0.3) is 88.1 Å². The molecule has 0 saturated heterocycles. The second kappa shape index (κ2) is 12.7. The maximum absolute atomic E-state index is 7.27. The number of furan rings is 2. The lowest BCUT2D eigenvalue weighted by Gasteiger charge is -2.31. The Labute approximate surface area is 352 Å². The highest BCUT2D eigenvalue weighted by Crippen LogP contribution is 2.51. The van der Waals surface area contributed by atoms with E-state index in [-0.39, 0.29) is 5.41 Å². The van der Waals surface area contributed by atoms with Crippen molar-refractivity contribution < 1.29 is 8.83 Å². The molecule has 0 N–H and O–H groups in total. The first-order chi connectivity index (χ1) is 30.0. The highest BCUT2D eigenvalue weighted by Gasteiger charge is 2.36. The maximum Gasteiger partial charge on any atom is 0.160 e. The predicted octanol–water partition coefficient (Wildman–Crippen LogP) is 15.8. The molecule has 0 saturated carbocycles. The highest BCUT2D eigenvalue weighted by atomic mass is 16.3. The van der Waals surface area contributed by atoms with Gasteiger partial charge in [0.15, 0.2) is 5.58 Å². The number of nitrogens with zero attached hydrogens (tertiary/aromatic N) is 2. The van der Waals surface area contributed by atoms with Crippen molar-refractivity contribution in [2.24, 2.45) is 0 Å². The zero-order valence-corrected chi connectivity index (χ0v) is 33.9. The van der Waals surface area contributed by atoms with Gasteiger partial charge >= 0.3 is 0 Å². The van der Waals surface area contributed by atoms with E-state index in [0.29, 0.717) is 0 Å². The standard InChI is InChI=1S/C57H40N2O2/c1-57(2)47-23-10-6-19-40(47)41-29-27-38(32-48(41)57)58(37-18-14-17-36(31-37)35-15-4-3-5-16-35)39-28-30-44-46-34-53-54(45-22-9-13-26-51(45)60-53)55(56(46)61-52(44)33-39)59-49-24-11-7-20-42(49)43-21-8-12-25-50(43)59/h3-13,15-17,19-34H,14,18H2,1-2H3. The molecular weight excluding hydrogens is 745 g/mol. The van der Waals surface area contributed by atoms with E-state index < -0.39 is 0 Å². The van der Waals surface area contributed by atoms with Gasteiger partial charge in [-0.3, -0.25) is 0 Å². The number of aromatic nitrogens is 1. The SMILES string of the molecule is CC1(C)c2ccccc2-c2ccc(N(C3=CC(c4ccccc4)=CCC3)c3ccc4c(c3)oc3c(-n5c6ccccc6c6ccccc65)c5c(cc34)oc3ccccc35)cc21. The molecule has 0 spiro atoms. The molecule has 61 heavy (non-hydrogen) atoms. The van der Waals surface area contributed by atoms with E-state index in [9.17, 15) is 0 Å². The van der Waals surface area contributed by atoms with Crippen LogP contribution in [-0.2, 0) is 5.41 Å². The van der Waals surface area contributed by atoms with Gasteiger partial charge in [0, 0.05) is 55.5 Å². The van der Waals surface area contributed by atoms with Gasteiger partial charge in [-0.15, -0.1) is 0 Å². The minimum atomic E-state index is -0.128. The molecule has 8 aromatic carbocycles. The van der Waals surface area contributed by atoms with E-state index in [1.165, 1.54) is 49.9 Å². The van der Waals surface area contributed by atoms with Crippen molar-refractivity contribution in [1.82, 2.24) is 4.57 Å². The summed E-state index contributed by atoms with van der Waals surface area (Å²) in [6.45, 7) is 4.72. The number of hydrogen-bond donors (Lipinski definition) is 0. The van der Waals surface area contributed by atoms with Crippen LogP contribution in [-0.4, -0.2) is 4.57 Å². The highest BCUT2D eigenvalue weighted by molar-refractivity contribution is 6.22. The lowest BCUT2D eigenvalue weighted by molar-refractivity contribution is 0.660. The van der Waals surface area contributed by atoms with Crippen molar-refractivity contribution in [2.75, 3.05) is 4.90 Å². The van der Waals surface area contributed by atoms with Gasteiger partial charge in [0.25, 0.3) is 0 Å². The summed E-state index contributed by atoms with van der Waals surface area (Å²) < 4.78 is 16.3. The van der Waals surface area contributed by atoms with Crippen molar-refractivity contribution in [3.05, 3.63) is 204 Å². The van der Waals surface area contributed by atoms with Crippen LogP contribution in [0.1, 0.15) is 43.4 Å². The van der Waals surface area contributed by atoms with Gasteiger partial charge in [0.05, 0.1) is 16.4 Å². The van der Waals surface area contributed by atoms with Crippen LogP contribution < -0.4 is 4.90 Å². The topological polar surface area (TPSA) is 34.5 Å². The fourth-order valence-corrected chi connectivity index (χ4v) is 10.6. The van der Waals surface area contributed by atoms with E-state index in [0.717, 1.165) is 84.8 Å². The molecule has 3 heterocycles. The van der Waals surface area contributed by atoms with Crippen molar-refractivity contribution in [2.45, 2.75) is 32.1 Å². The Morgan fingerprint density at radius 1 is 0.525 bits per heavy atom. The minimum absolute atomic E-state index is 0.128. The smallest absolute Gasteiger partial charge is 0.160 e. The molecule has 4 nitrogen and oxygen atoms in total. The molecule has 4 heteroatoms. The molecule has 0 fully saturated rings. The maximum atomic E-state index is 7.27. The third kappa shape index (κ3) is 4.93. The van der Waals surface area contributed by atoms with Crippen LogP contribution >= 0.6 is 0 Å². The summed E-state index contributed by atoms with van der Waals surface area (Å²) in [6.07, 6.45) is 6.62. The van der Waals surface area contributed by atoms with Crippen LogP contribution in [0.2, 0.25) is 0 Å². The van der Waals surface area contributed by atoms with Crippen LogP contribution in [0.5, 0.6) is 0 Å². The molecule has 0 unspecified atom stereocenters. The Hall–Kier alpha value is -7.56. The first-order valence-corrected chi connectivity index (χ1v) is 21.3. The van der Waals surface area contributed by atoms with E-state index in [1.54, 1.807) is 0 Å². The number of benzene rings is 8. The molecule has 11 aromatic rings. The summed E-state index contributed by atoms with van der Waals surface area (Å²) in [4.78, 5) is 2.47. The zero-order valence-electron chi connectivity index (χ0n) is 33.9. The molecule has 2 aliphatic carbocycles. The van der Waals surface area contributed by atoms with Crippen LogP contribution in [0.4, 0.5) is 11.4 Å². The molecule has 2 aliphatic rings. The van der Waals surface area contributed by atoms with E-state index in [2.05, 4.69) is 199 Å². The molecule has 0 atom stereocenters. The summed E-state index contributed by atoms with van der Waals surface area (Å²) in [5.41, 5.74) is 17.8. The van der Waals surface area contributed by atoms with Gasteiger partial charge in [-0.25, -0.2) is 0 Å². The summed E-state index contributed by atoms with van der Waals surface area (Å²) in [5.74, 6) is 0. The van der Waals surface area contributed by atoms with Crippen molar-refractivity contribution in [3.63, 3.8) is 0 Å². The number of fused-ring (bicyclic) bond motifs is 12. The summed E-state index contributed by atoms with van der Waals surface area (Å²) in [5, 5.41) is 6.60. The Bertz CT molecular complexity index is 3630. The first-order valence-electron chi connectivity index (χ1n) is 21.3. The Morgan fingerprint density at radius 2 is 1.20 bits per heavy atom. The van der Waals surface area contributed by atoms with Gasteiger partial charge in [-0.2, -0.15) is 0 Å². The summed E-state index contributed by atoms with van der Waals surface area (Å²) in [6, 6.07) is 61.4. The lowest BCUT2D eigenvalue weighted by Crippen LogP contribution is -2.20. The third-order valence-electron chi connectivity index (χ3n) is 13.4. The number of rotatable bonds is 5. The molecule has 0 amide bonds. The number of hydrogen-bond acceptors (Lipinski definition) is 3. The molecule has 13 rings (SSSR count). The van der Waals surface area contributed by atoms with Crippen LogP contribution in [0.3, 0.4) is 0 Å². The van der Waals surface area contributed by atoms with Gasteiger partial charge in [-0.05, 0) is 101 Å². The van der Waals surface area contributed by atoms with Gasteiger partial charge < -0.3 is 18.3 Å². The Kier molecular flexibility index (Phi) is 7.16. The third-order valence-corrected chi connectivity index (χ3v) is 13.4. The molecule has 0 radical (unpaired) electrons. The summed E-state index contributed by atoms with van der Waals surface area (Å²) >= 11 is 0. The number of allylic oxidation sites excluding steroid dienone is 4. The molecular formula is C57H40N2O2. The summed E-state index contributed by atoms with van der Waals surface area (Å²) in [7, 11) is 0. The average molecular weight is 785 g/mol.